The number of nitrogens with zero attached hydrogens (tertiary/aromatic N) is 3. The molecule has 0 bridgehead atoms. The minimum absolute atomic E-state index is 0.115. The van der Waals surface area contributed by atoms with E-state index in [9.17, 15) is 23.6 Å². The molecule has 2 aliphatic heterocycles. The van der Waals surface area contributed by atoms with Gasteiger partial charge in [0.05, 0.1) is 6.07 Å². The van der Waals surface area contributed by atoms with Crippen LogP contribution in [0.15, 0.2) is 0 Å². The third kappa shape index (κ3) is 5.85. The van der Waals surface area contributed by atoms with Crippen molar-refractivity contribution in [3.63, 3.8) is 0 Å². The molecule has 1 unspecified atom stereocenters. The zero-order valence-electron chi connectivity index (χ0n) is 18.7. The molecule has 9 heteroatoms. The molecule has 2 saturated heterocycles. The lowest BCUT2D eigenvalue weighted by Crippen LogP contribution is -2.65. The van der Waals surface area contributed by atoms with Crippen LogP contribution in [-0.2, 0) is 4.79 Å². The molecule has 0 aromatic rings. The molecule has 174 valence electrons. The number of halogens is 2. The van der Waals surface area contributed by atoms with E-state index in [1.54, 1.807) is 11.8 Å². The van der Waals surface area contributed by atoms with Crippen molar-refractivity contribution < 1.29 is 18.4 Å². The quantitative estimate of drug-likeness (QED) is 0.578. The second-order valence-electron chi connectivity index (χ2n) is 9.69. The number of urea groups is 1. The van der Waals surface area contributed by atoms with Crippen LogP contribution in [0.25, 0.3) is 0 Å². The highest BCUT2D eigenvalue weighted by Gasteiger charge is 2.49. The summed E-state index contributed by atoms with van der Waals surface area (Å²) in [6.45, 7) is 8.15. The fourth-order valence-electron chi connectivity index (χ4n) is 4.72. The molecular weight excluding hydrogens is 404 g/mol. The highest BCUT2D eigenvalue weighted by atomic mass is 19.3. The first kappa shape index (κ1) is 23.7. The van der Waals surface area contributed by atoms with Gasteiger partial charge in [-0.1, -0.05) is 20.3 Å². The average Bonchev–Trinajstić information content (AvgIpc) is 3.46. The lowest BCUT2D eigenvalue weighted by Gasteiger charge is -2.54. The number of carbonyl (C=O) groups is 2. The largest absolute Gasteiger partial charge is 0.336 e. The number of hydrogen-bond donors (Lipinski definition) is 2. The summed E-state index contributed by atoms with van der Waals surface area (Å²) in [5.41, 5.74) is -0.849. The lowest BCUT2D eigenvalue weighted by molar-refractivity contribution is -0.126. The van der Waals surface area contributed by atoms with Crippen LogP contribution in [-0.4, -0.2) is 72.0 Å². The molecule has 3 aliphatic rings. The molecule has 0 aromatic carbocycles. The van der Waals surface area contributed by atoms with Crippen molar-refractivity contribution in [1.82, 2.24) is 20.4 Å². The van der Waals surface area contributed by atoms with Crippen LogP contribution in [0.5, 0.6) is 0 Å². The SMILES string of the molecule is CCCN1CCC2(CC1)CN(C(=O)NC(CC(F)(F)CCC)C(=O)NC1(C#N)CC1)C2. The van der Waals surface area contributed by atoms with Gasteiger partial charge in [0, 0.05) is 31.3 Å². The molecule has 2 N–H and O–H groups in total. The van der Waals surface area contributed by atoms with Crippen LogP contribution in [0.4, 0.5) is 13.6 Å². The van der Waals surface area contributed by atoms with Gasteiger partial charge in [0.15, 0.2) is 0 Å². The number of likely N-dealkylation sites (tertiary alicyclic amines) is 2. The predicted molar refractivity (Wildman–Crippen MR) is 112 cm³/mol. The van der Waals surface area contributed by atoms with Gasteiger partial charge in [0.2, 0.25) is 5.91 Å². The molecule has 1 aliphatic carbocycles. The zero-order chi connectivity index (χ0) is 22.7. The lowest BCUT2D eigenvalue weighted by atomic mass is 9.72. The van der Waals surface area contributed by atoms with Crippen LogP contribution in [0, 0.1) is 16.7 Å². The van der Waals surface area contributed by atoms with Crippen molar-refractivity contribution in [1.29, 1.82) is 5.26 Å². The highest BCUT2D eigenvalue weighted by molar-refractivity contribution is 5.88. The van der Waals surface area contributed by atoms with E-state index < -0.39 is 35.9 Å². The minimum atomic E-state index is -3.06. The fraction of sp³-hybridized carbons (Fsp3) is 0.864. The summed E-state index contributed by atoms with van der Waals surface area (Å²) in [6.07, 6.45) is 3.36. The second kappa shape index (κ2) is 9.27. The molecular formula is C22H35F2N5O2. The van der Waals surface area contributed by atoms with Gasteiger partial charge in [-0.25, -0.2) is 13.6 Å². The molecule has 7 nitrogen and oxygen atoms in total. The molecule has 3 rings (SSSR count). The van der Waals surface area contributed by atoms with E-state index in [1.165, 1.54) is 0 Å². The first-order valence-corrected chi connectivity index (χ1v) is 11.5. The number of amides is 3. The molecule has 2 heterocycles. The van der Waals surface area contributed by atoms with Crippen molar-refractivity contribution in [2.75, 3.05) is 32.7 Å². The van der Waals surface area contributed by atoms with E-state index >= 15 is 0 Å². The Bertz CT molecular complexity index is 703. The van der Waals surface area contributed by atoms with E-state index in [2.05, 4.69) is 22.5 Å². The Kier molecular flexibility index (Phi) is 7.09. The number of alkyl halides is 2. The summed E-state index contributed by atoms with van der Waals surface area (Å²) in [4.78, 5) is 29.5. The predicted octanol–water partition coefficient (Wildman–Crippen LogP) is 2.87. The first-order chi connectivity index (χ1) is 14.7. The van der Waals surface area contributed by atoms with Gasteiger partial charge in [0.25, 0.3) is 5.92 Å². The fourth-order valence-corrected chi connectivity index (χ4v) is 4.72. The Labute approximate surface area is 183 Å². The summed E-state index contributed by atoms with van der Waals surface area (Å²) in [6, 6.07) is 0.195. The van der Waals surface area contributed by atoms with Crippen LogP contribution in [0.3, 0.4) is 0 Å². The molecule has 31 heavy (non-hydrogen) atoms. The van der Waals surface area contributed by atoms with Crippen molar-refractivity contribution in [2.45, 2.75) is 82.7 Å². The van der Waals surface area contributed by atoms with Crippen molar-refractivity contribution in [2.24, 2.45) is 5.41 Å². The van der Waals surface area contributed by atoms with Gasteiger partial charge >= 0.3 is 6.03 Å². The van der Waals surface area contributed by atoms with Gasteiger partial charge in [-0.3, -0.25) is 4.79 Å². The number of carbonyl (C=O) groups excluding carboxylic acids is 2. The zero-order valence-corrected chi connectivity index (χ0v) is 18.7. The normalized spacial score (nSPS) is 22.9. The van der Waals surface area contributed by atoms with Crippen molar-refractivity contribution in [3.8, 4) is 6.07 Å². The summed E-state index contributed by atoms with van der Waals surface area (Å²) in [5.74, 6) is -3.76. The maximum absolute atomic E-state index is 14.3. The van der Waals surface area contributed by atoms with E-state index in [0.29, 0.717) is 25.9 Å². The maximum atomic E-state index is 14.3. The Morgan fingerprint density at radius 3 is 2.29 bits per heavy atom. The number of nitriles is 1. The van der Waals surface area contributed by atoms with Gasteiger partial charge < -0.3 is 20.4 Å². The Morgan fingerprint density at radius 1 is 1.13 bits per heavy atom. The maximum Gasteiger partial charge on any atom is 0.318 e. The molecule has 1 saturated carbocycles. The van der Waals surface area contributed by atoms with Gasteiger partial charge in [0.1, 0.15) is 11.6 Å². The van der Waals surface area contributed by atoms with E-state index in [0.717, 1.165) is 38.9 Å². The van der Waals surface area contributed by atoms with E-state index in [1.807, 2.05) is 6.07 Å². The van der Waals surface area contributed by atoms with Gasteiger partial charge in [-0.05, 0) is 51.7 Å². The molecule has 0 aromatic heterocycles. The number of nitrogens with one attached hydrogen (secondary N) is 2. The van der Waals surface area contributed by atoms with E-state index in [4.69, 9.17) is 0 Å². The third-order valence-electron chi connectivity index (χ3n) is 6.86. The monoisotopic (exact) mass is 439 g/mol. The molecule has 1 spiro atoms. The number of rotatable bonds is 9. The smallest absolute Gasteiger partial charge is 0.318 e. The Morgan fingerprint density at radius 2 is 1.77 bits per heavy atom. The minimum Gasteiger partial charge on any atom is -0.336 e. The molecule has 3 amide bonds. The van der Waals surface area contributed by atoms with Gasteiger partial charge in [-0.15, -0.1) is 0 Å². The van der Waals surface area contributed by atoms with Crippen molar-refractivity contribution >= 4 is 11.9 Å². The summed E-state index contributed by atoms with van der Waals surface area (Å²) < 4.78 is 28.6. The molecule has 3 fully saturated rings. The number of piperidine rings is 1. The molecule has 0 radical (unpaired) electrons. The second-order valence-corrected chi connectivity index (χ2v) is 9.69. The van der Waals surface area contributed by atoms with E-state index in [-0.39, 0.29) is 18.3 Å². The highest BCUT2D eigenvalue weighted by Crippen LogP contribution is 2.40. The summed E-state index contributed by atoms with van der Waals surface area (Å²) in [7, 11) is 0. The topological polar surface area (TPSA) is 88.5 Å². The first-order valence-electron chi connectivity index (χ1n) is 11.5. The van der Waals surface area contributed by atoms with Crippen LogP contribution < -0.4 is 10.6 Å². The van der Waals surface area contributed by atoms with Crippen LogP contribution in [0.1, 0.15) is 65.2 Å². The van der Waals surface area contributed by atoms with Crippen molar-refractivity contribution in [3.05, 3.63) is 0 Å². The number of hydrogen-bond acceptors (Lipinski definition) is 4. The summed E-state index contributed by atoms with van der Waals surface area (Å²) in [5, 5.41) is 14.3. The Balaban J connectivity index is 1.56. The van der Waals surface area contributed by atoms with Crippen LogP contribution >= 0.6 is 0 Å². The Hall–Kier alpha value is -1.95. The van der Waals surface area contributed by atoms with Crippen LogP contribution in [0.2, 0.25) is 0 Å². The average molecular weight is 440 g/mol. The van der Waals surface area contributed by atoms with Gasteiger partial charge in [-0.2, -0.15) is 5.26 Å². The summed E-state index contributed by atoms with van der Waals surface area (Å²) >= 11 is 0. The molecule has 1 atom stereocenters. The standard InChI is InChI=1S/C22H35F2N5O2/c1-3-5-22(23,24)13-17(18(30)27-21(14-25)6-7-21)26-19(31)29-15-20(16-29)8-11-28(10-4-2)12-9-20/h17H,3-13,15-16H2,1-2H3,(H,26,31)(H,27,30). The third-order valence-corrected chi connectivity index (χ3v) is 6.86.